The summed E-state index contributed by atoms with van der Waals surface area (Å²) < 4.78 is 40.2. The van der Waals surface area contributed by atoms with E-state index in [0.717, 1.165) is 22.6 Å². The van der Waals surface area contributed by atoms with Gasteiger partial charge in [0.15, 0.2) is 0 Å². The van der Waals surface area contributed by atoms with Crippen LogP contribution in [0.5, 0.6) is 0 Å². The molecule has 1 amide bonds. The van der Waals surface area contributed by atoms with Crippen molar-refractivity contribution in [3.05, 3.63) is 59.2 Å². The Kier molecular flexibility index (Phi) is 6.13. The van der Waals surface area contributed by atoms with Gasteiger partial charge in [0, 0.05) is 10.6 Å². The third kappa shape index (κ3) is 5.79. The van der Waals surface area contributed by atoms with Crippen molar-refractivity contribution in [2.75, 3.05) is 19.4 Å². The Morgan fingerprint density at radius 3 is 2.52 bits per heavy atom. The van der Waals surface area contributed by atoms with Gasteiger partial charge in [0.25, 0.3) is 0 Å². The molecule has 7 heteroatoms. The van der Waals surface area contributed by atoms with Gasteiger partial charge in [-0.15, -0.1) is 0 Å². The van der Waals surface area contributed by atoms with Crippen molar-refractivity contribution >= 4 is 23.5 Å². The molecule has 0 aliphatic heterocycles. The number of aryl methyl sites for hydroxylation is 1. The number of anilines is 1. The summed E-state index contributed by atoms with van der Waals surface area (Å²) in [6.45, 7) is 1.87. The van der Waals surface area contributed by atoms with E-state index in [0.29, 0.717) is 11.3 Å². The fraction of sp³-hybridized carbons (Fsp3) is 0.278. The fourth-order valence-corrected chi connectivity index (χ4v) is 2.96. The predicted molar refractivity (Wildman–Crippen MR) is 94.5 cm³/mol. The van der Waals surface area contributed by atoms with Gasteiger partial charge in [0.2, 0.25) is 5.91 Å². The standard InChI is InChI=1S/C18H19F3N2OS/c1-12-7-8-15(25-23(2)3)11-16(12)22-17(24)10-13-5-4-6-14(9-13)18(19,20)21/h4-9,11H,10H2,1-3H3,(H,22,24). The average molecular weight is 368 g/mol. The van der Waals surface area contributed by atoms with E-state index in [2.05, 4.69) is 5.32 Å². The molecule has 0 atom stereocenters. The summed E-state index contributed by atoms with van der Waals surface area (Å²) in [6, 6.07) is 10.5. The smallest absolute Gasteiger partial charge is 0.326 e. The van der Waals surface area contributed by atoms with Crippen LogP contribution in [0.3, 0.4) is 0 Å². The van der Waals surface area contributed by atoms with Crippen LogP contribution in [0.2, 0.25) is 0 Å². The van der Waals surface area contributed by atoms with Gasteiger partial charge in [-0.3, -0.25) is 9.10 Å². The van der Waals surface area contributed by atoms with Crippen molar-refractivity contribution < 1.29 is 18.0 Å². The number of hydrogen-bond donors (Lipinski definition) is 1. The van der Waals surface area contributed by atoms with E-state index >= 15 is 0 Å². The van der Waals surface area contributed by atoms with Gasteiger partial charge in [-0.1, -0.05) is 24.3 Å². The third-order valence-corrected chi connectivity index (χ3v) is 4.22. The molecule has 2 aromatic carbocycles. The number of carbonyl (C=O) groups excluding carboxylic acids is 1. The zero-order chi connectivity index (χ0) is 18.6. The van der Waals surface area contributed by atoms with Crippen LogP contribution in [0.25, 0.3) is 0 Å². The SMILES string of the molecule is Cc1ccc(SN(C)C)cc1NC(=O)Cc1cccc(C(F)(F)F)c1. The molecule has 3 nitrogen and oxygen atoms in total. The second kappa shape index (κ2) is 7.93. The number of amides is 1. The summed E-state index contributed by atoms with van der Waals surface area (Å²) in [6.07, 6.45) is -4.53. The molecule has 134 valence electrons. The summed E-state index contributed by atoms with van der Waals surface area (Å²) in [5, 5.41) is 2.78. The van der Waals surface area contributed by atoms with Gasteiger partial charge in [-0.25, -0.2) is 0 Å². The molecule has 0 aromatic heterocycles. The van der Waals surface area contributed by atoms with Crippen LogP contribution in [0.4, 0.5) is 18.9 Å². The molecule has 0 unspecified atom stereocenters. The van der Waals surface area contributed by atoms with E-state index in [-0.39, 0.29) is 12.3 Å². The monoisotopic (exact) mass is 368 g/mol. The highest BCUT2D eigenvalue weighted by molar-refractivity contribution is 7.97. The van der Waals surface area contributed by atoms with Crippen molar-refractivity contribution in [3.63, 3.8) is 0 Å². The molecule has 0 saturated carbocycles. The summed E-state index contributed by atoms with van der Waals surface area (Å²) in [5.74, 6) is -0.352. The highest BCUT2D eigenvalue weighted by Gasteiger charge is 2.30. The minimum absolute atomic E-state index is 0.117. The number of halogens is 3. The Labute approximate surface area is 149 Å². The van der Waals surface area contributed by atoms with Crippen LogP contribution in [0.15, 0.2) is 47.4 Å². The first-order valence-electron chi connectivity index (χ1n) is 7.57. The summed E-state index contributed by atoms with van der Waals surface area (Å²) in [4.78, 5) is 13.2. The number of nitrogens with zero attached hydrogens (tertiary/aromatic N) is 1. The maximum atomic E-state index is 12.7. The Balaban J connectivity index is 2.10. The number of hydrogen-bond acceptors (Lipinski definition) is 3. The lowest BCUT2D eigenvalue weighted by Crippen LogP contribution is -2.16. The molecule has 2 rings (SSSR count). The highest BCUT2D eigenvalue weighted by Crippen LogP contribution is 2.30. The first-order chi connectivity index (χ1) is 11.6. The molecular weight excluding hydrogens is 349 g/mol. The number of carbonyl (C=O) groups is 1. The van der Waals surface area contributed by atoms with E-state index in [9.17, 15) is 18.0 Å². The minimum Gasteiger partial charge on any atom is -0.326 e. The number of benzene rings is 2. The van der Waals surface area contributed by atoms with Crippen molar-refractivity contribution in [1.29, 1.82) is 0 Å². The molecule has 0 aliphatic rings. The summed E-state index contributed by atoms with van der Waals surface area (Å²) >= 11 is 1.51. The largest absolute Gasteiger partial charge is 0.416 e. The molecule has 25 heavy (non-hydrogen) atoms. The lowest BCUT2D eigenvalue weighted by Gasteiger charge is -2.13. The number of nitrogens with one attached hydrogen (secondary N) is 1. The molecule has 1 N–H and O–H groups in total. The average Bonchev–Trinajstić information content (AvgIpc) is 2.49. The number of alkyl halides is 3. The van der Waals surface area contributed by atoms with Crippen molar-refractivity contribution in [2.45, 2.75) is 24.4 Å². The van der Waals surface area contributed by atoms with Gasteiger partial charge < -0.3 is 5.32 Å². The summed E-state index contributed by atoms with van der Waals surface area (Å²) in [5.41, 5.74) is 1.12. The van der Waals surface area contributed by atoms with Gasteiger partial charge in [0.1, 0.15) is 0 Å². The quantitative estimate of drug-likeness (QED) is 0.772. The molecule has 0 fully saturated rings. The Bertz CT molecular complexity index is 760. The van der Waals surface area contributed by atoms with Crippen LogP contribution in [-0.2, 0) is 17.4 Å². The van der Waals surface area contributed by atoms with Gasteiger partial charge in [-0.05, 0) is 62.3 Å². The van der Waals surface area contributed by atoms with Gasteiger partial charge in [-0.2, -0.15) is 13.2 Å². The Morgan fingerprint density at radius 2 is 1.88 bits per heavy atom. The maximum Gasteiger partial charge on any atom is 0.416 e. The zero-order valence-electron chi connectivity index (χ0n) is 14.1. The zero-order valence-corrected chi connectivity index (χ0v) is 15.0. The minimum atomic E-state index is -4.42. The molecule has 0 bridgehead atoms. The second-order valence-electron chi connectivity index (χ2n) is 5.80. The molecular formula is C18H19F3N2OS. The van der Waals surface area contributed by atoms with Crippen molar-refractivity contribution in [2.24, 2.45) is 0 Å². The molecule has 0 heterocycles. The van der Waals surface area contributed by atoms with Crippen molar-refractivity contribution in [1.82, 2.24) is 4.31 Å². The van der Waals surface area contributed by atoms with Crippen LogP contribution in [0.1, 0.15) is 16.7 Å². The third-order valence-electron chi connectivity index (χ3n) is 3.39. The van der Waals surface area contributed by atoms with E-state index in [1.165, 1.54) is 24.1 Å². The second-order valence-corrected chi connectivity index (χ2v) is 7.19. The molecule has 2 aromatic rings. The highest BCUT2D eigenvalue weighted by atomic mass is 32.2. The van der Waals surface area contributed by atoms with Crippen LogP contribution in [0, 0.1) is 6.92 Å². The normalized spacial score (nSPS) is 11.6. The first kappa shape index (κ1) is 19.3. The molecule has 0 spiro atoms. The van der Waals surface area contributed by atoms with E-state index in [4.69, 9.17) is 0 Å². The lowest BCUT2D eigenvalue weighted by molar-refractivity contribution is -0.137. The summed E-state index contributed by atoms with van der Waals surface area (Å²) in [7, 11) is 3.83. The maximum absolute atomic E-state index is 12.7. The van der Waals surface area contributed by atoms with E-state index in [1.54, 1.807) is 0 Å². The predicted octanol–water partition coefficient (Wildman–Crippen LogP) is 4.76. The van der Waals surface area contributed by atoms with Gasteiger partial charge >= 0.3 is 6.18 Å². The fourth-order valence-electron chi connectivity index (χ4n) is 2.24. The lowest BCUT2D eigenvalue weighted by atomic mass is 10.1. The molecule has 0 radical (unpaired) electrons. The van der Waals surface area contributed by atoms with Gasteiger partial charge in [0.05, 0.1) is 12.0 Å². The Hall–Kier alpha value is -1.99. The van der Waals surface area contributed by atoms with Crippen molar-refractivity contribution in [3.8, 4) is 0 Å². The first-order valence-corrected chi connectivity index (χ1v) is 8.34. The van der Waals surface area contributed by atoms with Crippen LogP contribution in [-0.4, -0.2) is 24.3 Å². The van der Waals surface area contributed by atoms with E-state index < -0.39 is 11.7 Å². The Morgan fingerprint density at radius 1 is 1.16 bits per heavy atom. The molecule has 0 aliphatic carbocycles. The van der Waals surface area contributed by atoms with E-state index in [1.807, 2.05) is 43.5 Å². The van der Waals surface area contributed by atoms with Crippen LogP contribution >= 0.6 is 11.9 Å². The van der Waals surface area contributed by atoms with Crippen LogP contribution < -0.4 is 5.32 Å². The topological polar surface area (TPSA) is 32.3 Å². The number of rotatable bonds is 5. The molecule has 0 saturated heterocycles.